The van der Waals surface area contributed by atoms with Crippen molar-refractivity contribution >= 4 is 21.8 Å². The summed E-state index contributed by atoms with van der Waals surface area (Å²) in [6.07, 6.45) is 7.44. The molecule has 3 aromatic rings. The van der Waals surface area contributed by atoms with Crippen LogP contribution in [0.1, 0.15) is 57.4 Å². The van der Waals surface area contributed by atoms with E-state index < -0.39 is 10.8 Å². The van der Waals surface area contributed by atoms with E-state index in [1.54, 1.807) is 12.3 Å². The third-order valence-electron chi connectivity index (χ3n) is 8.12. The normalized spacial score (nSPS) is 25.2. The van der Waals surface area contributed by atoms with Gasteiger partial charge in [-0.15, -0.1) is 0 Å². The highest BCUT2D eigenvalue weighted by Gasteiger charge is 2.32. The Kier molecular flexibility index (Phi) is 7.11. The number of imidazole rings is 1. The first kappa shape index (κ1) is 24.6. The predicted octanol–water partition coefficient (Wildman–Crippen LogP) is 5.22. The number of benzene rings is 2. The number of fused-ring (bicyclic) bond motifs is 1. The molecule has 0 bridgehead atoms. The Morgan fingerprint density at radius 2 is 1.86 bits per heavy atom. The first-order valence-corrected chi connectivity index (χ1v) is 14.5. The van der Waals surface area contributed by atoms with Crippen LogP contribution >= 0.6 is 0 Å². The highest BCUT2D eigenvalue weighted by Crippen LogP contribution is 2.35. The smallest absolute Gasteiger partial charge is 0.151 e. The van der Waals surface area contributed by atoms with E-state index in [2.05, 4.69) is 35.1 Å². The minimum atomic E-state index is -1.03. The van der Waals surface area contributed by atoms with Gasteiger partial charge < -0.3 is 14.8 Å². The van der Waals surface area contributed by atoms with Gasteiger partial charge in [0, 0.05) is 52.7 Å². The van der Waals surface area contributed by atoms with Gasteiger partial charge in [0.25, 0.3) is 0 Å². The van der Waals surface area contributed by atoms with Crippen molar-refractivity contribution in [1.29, 1.82) is 0 Å². The quantitative estimate of drug-likeness (QED) is 0.527. The Morgan fingerprint density at radius 1 is 1.14 bits per heavy atom. The lowest BCUT2D eigenvalue weighted by molar-refractivity contribution is 0.0983. The largest absolute Gasteiger partial charge is 0.327 e. The number of rotatable bonds is 5. The van der Waals surface area contributed by atoms with Crippen LogP contribution in [0.4, 0.5) is 4.39 Å². The van der Waals surface area contributed by atoms with Crippen LogP contribution in [0.15, 0.2) is 41.3 Å². The van der Waals surface area contributed by atoms with E-state index in [4.69, 9.17) is 0 Å². The molecule has 0 amide bonds. The summed E-state index contributed by atoms with van der Waals surface area (Å²) < 4.78 is 28.9. The molecule has 1 N–H and O–H groups in total. The molecule has 5 rings (SSSR count). The fourth-order valence-electron chi connectivity index (χ4n) is 6.11. The number of halogens is 1. The lowest BCUT2D eigenvalue weighted by atomic mass is 9.86. The number of aryl methyl sites for hydroxylation is 1. The Balaban J connectivity index is 1.34. The van der Waals surface area contributed by atoms with Crippen molar-refractivity contribution in [2.75, 3.05) is 19.3 Å². The average molecular weight is 497 g/mol. The molecule has 1 aromatic heterocycles. The molecule has 2 aromatic carbocycles. The number of hydrogen-bond donors (Lipinski definition) is 1. The van der Waals surface area contributed by atoms with Crippen molar-refractivity contribution in [2.45, 2.75) is 74.9 Å². The molecule has 4 atom stereocenters. The molecule has 0 aliphatic carbocycles. The Morgan fingerprint density at radius 3 is 2.51 bits per heavy atom. The van der Waals surface area contributed by atoms with Gasteiger partial charge in [-0.05, 0) is 87.9 Å². The maximum absolute atomic E-state index is 15.2. The first-order chi connectivity index (χ1) is 16.8. The van der Waals surface area contributed by atoms with Gasteiger partial charge in [-0.3, -0.25) is 4.21 Å². The zero-order valence-corrected chi connectivity index (χ0v) is 22.1. The Labute approximate surface area is 210 Å². The van der Waals surface area contributed by atoms with Crippen molar-refractivity contribution in [3.8, 4) is 11.4 Å². The third kappa shape index (κ3) is 4.95. The topological polar surface area (TPSA) is 50.2 Å². The average Bonchev–Trinajstić information content (AvgIpc) is 3.20. The van der Waals surface area contributed by atoms with Crippen molar-refractivity contribution in [2.24, 2.45) is 7.05 Å². The molecule has 0 spiro atoms. The molecule has 2 aliphatic rings. The maximum Gasteiger partial charge on any atom is 0.151 e. The SMILES string of the molecule is CCC1CC(N2CCC(c3cc(F)c4nc(-c5ccc(S(C)=O)cc5)n(C)c4c3)CC2)CC(C)N1. The summed E-state index contributed by atoms with van der Waals surface area (Å²) in [5, 5.41) is 3.73. The van der Waals surface area contributed by atoms with Crippen LogP contribution < -0.4 is 5.32 Å². The van der Waals surface area contributed by atoms with E-state index in [1.807, 2.05) is 35.9 Å². The number of likely N-dealkylation sites (tertiary alicyclic amines) is 1. The molecule has 35 heavy (non-hydrogen) atoms. The van der Waals surface area contributed by atoms with E-state index in [-0.39, 0.29) is 5.82 Å². The number of hydrogen-bond acceptors (Lipinski definition) is 4. The highest BCUT2D eigenvalue weighted by molar-refractivity contribution is 7.84. The minimum Gasteiger partial charge on any atom is -0.327 e. The van der Waals surface area contributed by atoms with Crippen molar-refractivity contribution < 1.29 is 8.60 Å². The number of aromatic nitrogens is 2. The van der Waals surface area contributed by atoms with Crippen LogP contribution in [0.3, 0.4) is 0 Å². The van der Waals surface area contributed by atoms with Crippen LogP contribution in [0, 0.1) is 5.82 Å². The fraction of sp³-hybridized carbons (Fsp3) is 0.536. The molecule has 3 heterocycles. The third-order valence-corrected chi connectivity index (χ3v) is 9.06. The van der Waals surface area contributed by atoms with Crippen LogP contribution in [-0.2, 0) is 17.8 Å². The minimum absolute atomic E-state index is 0.244. The van der Waals surface area contributed by atoms with Crippen molar-refractivity contribution in [3.05, 3.63) is 47.8 Å². The van der Waals surface area contributed by atoms with Crippen LogP contribution in [0.5, 0.6) is 0 Å². The molecule has 0 saturated carbocycles. The van der Waals surface area contributed by atoms with Gasteiger partial charge in [-0.2, -0.15) is 0 Å². The lowest BCUT2D eigenvalue weighted by Gasteiger charge is -2.43. The van der Waals surface area contributed by atoms with Gasteiger partial charge >= 0.3 is 0 Å². The monoisotopic (exact) mass is 496 g/mol. The molecule has 0 radical (unpaired) electrons. The van der Waals surface area contributed by atoms with Gasteiger partial charge in [0.1, 0.15) is 11.3 Å². The summed E-state index contributed by atoms with van der Waals surface area (Å²) in [6, 6.07) is 13.2. The molecule has 5 nitrogen and oxygen atoms in total. The van der Waals surface area contributed by atoms with Gasteiger partial charge in [0.05, 0.1) is 5.52 Å². The molecule has 2 fully saturated rings. The molecule has 2 aliphatic heterocycles. The van der Waals surface area contributed by atoms with Gasteiger partial charge in [0.2, 0.25) is 0 Å². The summed E-state index contributed by atoms with van der Waals surface area (Å²) in [5.74, 6) is 0.860. The summed E-state index contributed by atoms with van der Waals surface area (Å²) in [5.41, 5.74) is 3.24. The second kappa shape index (κ2) is 10.1. The number of nitrogens with zero attached hydrogens (tertiary/aromatic N) is 3. The molecule has 188 valence electrons. The van der Waals surface area contributed by atoms with Crippen LogP contribution in [0.2, 0.25) is 0 Å². The summed E-state index contributed by atoms with van der Waals surface area (Å²) in [4.78, 5) is 8.09. The molecular weight excluding hydrogens is 459 g/mol. The van der Waals surface area contributed by atoms with E-state index in [0.717, 1.165) is 53.3 Å². The second-order valence-electron chi connectivity index (χ2n) is 10.5. The summed E-state index contributed by atoms with van der Waals surface area (Å²) in [6.45, 7) is 6.75. The Bertz CT molecular complexity index is 1220. The zero-order chi connectivity index (χ0) is 24.7. The second-order valence-corrected chi connectivity index (χ2v) is 11.8. The van der Waals surface area contributed by atoms with Crippen LogP contribution in [0.25, 0.3) is 22.4 Å². The van der Waals surface area contributed by atoms with E-state index in [1.165, 1.54) is 19.3 Å². The summed E-state index contributed by atoms with van der Waals surface area (Å²) in [7, 11) is 0.923. The first-order valence-electron chi connectivity index (χ1n) is 12.9. The van der Waals surface area contributed by atoms with Crippen LogP contribution in [-0.4, -0.2) is 56.1 Å². The number of piperidine rings is 2. The van der Waals surface area contributed by atoms with Gasteiger partial charge in [0.15, 0.2) is 5.82 Å². The fourth-order valence-corrected chi connectivity index (χ4v) is 6.63. The Hall–Kier alpha value is -2.09. The van der Waals surface area contributed by atoms with E-state index in [0.29, 0.717) is 29.6 Å². The highest BCUT2D eigenvalue weighted by atomic mass is 32.2. The van der Waals surface area contributed by atoms with Crippen molar-refractivity contribution in [3.63, 3.8) is 0 Å². The molecule has 2 saturated heterocycles. The predicted molar refractivity (Wildman–Crippen MR) is 142 cm³/mol. The maximum atomic E-state index is 15.2. The van der Waals surface area contributed by atoms with E-state index >= 15 is 4.39 Å². The standard InChI is InChI=1S/C28H37FN4OS/c1-5-22-17-23(14-18(2)30-22)33-12-10-19(11-13-33)21-15-25(29)27-26(16-21)32(3)28(31-27)20-6-8-24(9-7-20)35(4)34/h6-9,15-16,18-19,22-23,30H,5,10-14,17H2,1-4H3. The molecule has 7 heteroatoms. The molecule has 4 unspecified atom stereocenters. The number of nitrogens with one attached hydrogen (secondary N) is 1. The summed E-state index contributed by atoms with van der Waals surface area (Å²) >= 11 is 0. The van der Waals surface area contributed by atoms with Crippen molar-refractivity contribution in [1.82, 2.24) is 19.8 Å². The molecular formula is C28H37FN4OS. The lowest BCUT2D eigenvalue weighted by Crippen LogP contribution is -2.53. The zero-order valence-electron chi connectivity index (χ0n) is 21.3. The van der Waals surface area contributed by atoms with Gasteiger partial charge in [-0.25, -0.2) is 9.37 Å². The van der Waals surface area contributed by atoms with E-state index in [9.17, 15) is 4.21 Å². The van der Waals surface area contributed by atoms with Gasteiger partial charge in [-0.1, -0.05) is 19.1 Å².